The number of fused-ring (bicyclic) bond motifs is 1. The van der Waals surface area contributed by atoms with Gasteiger partial charge < -0.3 is 9.88 Å². The number of carbonyl (C=O) groups excluding carboxylic acids is 3. The molecule has 0 saturated carbocycles. The van der Waals surface area contributed by atoms with Crippen molar-refractivity contribution in [3.05, 3.63) is 23.5 Å². The number of nitrogens with one attached hydrogen (secondary N) is 2. The third-order valence-electron chi connectivity index (χ3n) is 3.24. The molecule has 3 amide bonds. The first-order valence-electron chi connectivity index (χ1n) is 5.48. The summed E-state index contributed by atoms with van der Waals surface area (Å²) in [4.78, 5) is 39.1. The molecular weight excluding hydrogens is 222 g/mol. The number of aromatic nitrogens is 1. The molecule has 2 N–H and O–H groups in total. The maximum absolute atomic E-state index is 12.0. The largest absolute Gasteiger partial charge is 0.357 e. The standard InChI is InChI=1S/C11H11N3O3/c15-8-2-1-7(10(16)13-8)14-5-6-3-4-12-9(6)11(14)17/h3-4,7,12H,1-2,5H2,(H,13,15,16). The average Bonchev–Trinajstić information content (AvgIpc) is 2.83. The molecule has 3 heterocycles. The molecule has 1 atom stereocenters. The Balaban J connectivity index is 1.83. The van der Waals surface area contributed by atoms with Crippen LogP contribution in [0.4, 0.5) is 0 Å². The van der Waals surface area contributed by atoms with Gasteiger partial charge in [-0.2, -0.15) is 0 Å². The van der Waals surface area contributed by atoms with Crippen LogP contribution < -0.4 is 5.32 Å². The van der Waals surface area contributed by atoms with Crippen LogP contribution in [0, 0.1) is 0 Å². The molecule has 6 heteroatoms. The Kier molecular flexibility index (Phi) is 2.04. The Morgan fingerprint density at radius 3 is 2.82 bits per heavy atom. The van der Waals surface area contributed by atoms with Crippen molar-refractivity contribution in [2.45, 2.75) is 25.4 Å². The highest BCUT2D eigenvalue weighted by molar-refractivity contribution is 6.04. The van der Waals surface area contributed by atoms with Crippen molar-refractivity contribution in [3.63, 3.8) is 0 Å². The Labute approximate surface area is 97.0 Å². The molecule has 0 spiro atoms. The molecule has 0 aliphatic carbocycles. The normalized spacial score (nSPS) is 23.9. The lowest BCUT2D eigenvalue weighted by atomic mass is 10.0. The van der Waals surface area contributed by atoms with Gasteiger partial charge in [0.2, 0.25) is 11.8 Å². The monoisotopic (exact) mass is 233 g/mol. The lowest BCUT2D eigenvalue weighted by Crippen LogP contribution is -2.52. The molecule has 0 bridgehead atoms. The van der Waals surface area contributed by atoms with E-state index in [1.807, 2.05) is 6.07 Å². The van der Waals surface area contributed by atoms with E-state index in [0.29, 0.717) is 18.7 Å². The highest BCUT2D eigenvalue weighted by Gasteiger charge is 2.39. The van der Waals surface area contributed by atoms with E-state index in [1.54, 1.807) is 6.20 Å². The minimum atomic E-state index is -0.527. The number of carbonyl (C=O) groups is 3. The number of nitrogens with zero attached hydrogens (tertiary/aromatic N) is 1. The lowest BCUT2D eigenvalue weighted by Gasteiger charge is -2.29. The van der Waals surface area contributed by atoms with Crippen LogP contribution in [-0.4, -0.2) is 33.6 Å². The summed E-state index contributed by atoms with van der Waals surface area (Å²) >= 11 is 0. The van der Waals surface area contributed by atoms with Crippen molar-refractivity contribution in [1.29, 1.82) is 0 Å². The zero-order chi connectivity index (χ0) is 12.0. The van der Waals surface area contributed by atoms with Gasteiger partial charge in [-0.25, -0.2) is 0 Å². The molecule has 17 heavy (non-hydrogen) atoms. The Hall–Kier alpha value is -2.11. The summed E-state index contributed by atoms with van der Waals surface area (Å²) in [5.41, 5.74) is 1.45. The fourth-order valence-electron chi connectivity index (χ4n) is 2.36. The van der Waals surface area contributed by atoms with E-state index in [-0.39, 0.29) is 24.1 Å². The molecule has 1 saturated heterocycles. The first-order valence-corrected chi connectivity index (χ1v) is 5.48. The minimum absolute atomic E-state index is 0.167. The number of imide groups is 1. The molecular formula is C11H11N3O3. The molecule has 1 unspecified atom stereocenters. The van der Waals surface area contributed by atoms with Gasteiger partial charge in [-0.05, 0) is 12.5 Å². The van der Waals surface area contributed by atoms with E-state index >= 15 is 0 Å². The molecule has 0 aromatic carbocycles. The second kappa shape index (κ2) is 3.44. The summed E-state index contributed by atoms with van der Waals surface area (Å²) in [7, 11) is 0. The van der Waals surface area contributed by atoms with E-state index in [0.717, 1.165) is 5.56 Å². The summed E-state index contributed by atoms with van der Waals surface area (Å²) in [6.45, 7) is 0.434. The number of piperidine rings is 1. The van der Waals surface area contributed by atoms with Crippen molar-refractivity contribution in [2.24, 2.45) is 0 Å². The van der Waals surface area contributed by atoms with Crippen LogP contribution in [0.25, 0.3) is 0 Å². The zero-order valence-electron chi connectivity index (χ0n) is 9.03. The summed E-state index contributed by atoms with van der Waals surface area (Å²) in [6.07, 6.45) is 2.40. The van der Waals surface area contributed by atoms with Crippen molar-refractivity contribution >= 4 is 17.7 Å². The Bertz CT molecular complexity index is 520. The number of hydrogen-bond donors (Lipinski definition) is 2. The van der Waals surface area contributed by atoms with Gasteiger partial charge in [-0.3, -0.25) is 19.7 Å². The molecule has 3 rings (SSSR count). The summed E-state index contributed by atoms with van der Waals surface area (Å²) in [5.74, 6) is -0.810. The van der Waals surface area contributed by atoms with E-state index in [2.05, 4.69) is 10.3 Å². The smallest absolute Gasteiger partial charge is 0.271 e. The number of rotatable bonds is 1. The van der Waals surface area contributed by atoms with Crippen molar-refractivity contribution in [3.8, 4) is 0 Å². The van der Waals surface area contributed by atoms with E-state index in [4.69, 9.17) is 0 Å². The van der Waals surface area contributed by atoms with Gasteiger partial charge in [0, 0.05) is 24.7 Å². The fraction of sp³-hybridized carbons (Fsp3) is 0.364. The lowest BCUT2D eigenvalue weighted by molar-refractivity contribution is -0.136. The first-order chi connectivity index (χ1) is 8.16. The van der Waals surface area contributed by atoms with Crippen LogP contribution in [-0.2, 0) is 16.1 Å². The maximum atomic E-state index is 12.0. The molecule has 2 aliphatic heterocycles. The highest BCUT2D eigenvalue weighted by atomic mass is 16.2. The van der Waals surface area contributed by atoms with Gasteiger partial charge in [0.25, 0.3) is 5.91 Å². The maximum Gasteiger partial charge on any atom is 0.271 e. The molecule has 0 radical (unpaired) electrons. The molecule has 88 valence electrons. The number of H-pyrrole nitrogens is 1. The van der Waals surface area contributed by atoms with Crippen LogP contribution in [0.5, 0.6) is 0 Å². The predicted octanol–water partition coefficient (Wildman–Crippen LogP) is -0.224. The summed E-state index contributed by atoms with van der Waals surface area (Å²) < 4.78 is 0. The van der Waals surface area contributed by atoms with Gasteiger partial charge >= 0.3 is 0 Å². The quantitative estimate of drug-likeness (QED) is 0.658. The Morgan fingerprint density at radius 1 is 1.29 bits per heavy atom. The second-order valence-electron chi connectivity index (χ2n) is 4.28. The molecule has 1 fully saturated rings. The van der Waals surface area contributed by atoms with Crippen molar-refractivity contribution < 1.29 is 14.4 Å². The minimum Gasteiger partial charge on any atom is -0.357 e. The topological polar surface area (TPSA) is 82.3 Å². The molecule has 1 aromatic heterocycles. The van der Waals surface area contributed by atoms with Gasteiger partial charge in [-0.15, -0.1) is 0 Å². The molecule has 2 aliphatic rings. The first kappa shape index (κ1) is 10.1. The van der Waals surface area contributed by atoms with Crippen molar-refractivity contribution in [2.75, 3.05) is 0 Å². The average molecular weight is 233 g/mol. The van der Waals surface area contributed by atoms with Crippen LogP contribution in [0.1, 0.15) is 28.9 Å². The number of aromatic amines is 1. The van der Waals surface area contributed by atoms with Gasteiger partial charge in [-0.1, -0.05) is 0 Å². The predicted molar refractivity (Wildman–Crippen MR) is 56.8 cm³/mol. The number of amides is 3. The SMILES string of the molecule is O=C1CCC(N2Cc3cc[nH]c3C2=O)C(=O)N1. The van der Waals surface area contributed by atoms with Crippen LogP contribution in [0.15, 0.2) is 12.3 Å². The van der Waals surface area contributed by atoms with Crippen LogP contribution >= 0.6 is 0 Å². The second-order valence-corrected chi connectivity index (χ2v) is 4.28. The zero-order valence-corrected chi connectivity index (χ0v) is 9.03. The van der Waals surface area contributed by atoms with Gasteiger partial charge in [0.05, 0.1) is 0 Å². The van der Waals surface area contributed by atoms with Crippen LogP contribution in [0.3, 0.4) is 0 Å². The molecule has 1 aromatic rings. The van der Waals surface area contributed by atoms with Gasteiger partial charge in [0.15, 0.2) is 0 Å². The third-order valence-corrected chi connectivity index (χ3v) is 3.24. The third kappa shape index (κ3) is 1.44. The summed E-state index contributed by atoms with van der Waals surface area (Å²) in [5, 5.41) is 2.26. The number of hydrogen-bond acceptors (Lipinski definition) is 3. The molecule has 6 nitrogen and oxygen atoms in total. The van der Waals surface area contributed by atoms with E-state index < -0.39 is 6.04 Å². The Morgan fingerprint density at radius 2 is 2.12 bits per heavy atom. The highest BCUT2D eigenvalue weighted by Crippen LogP contribution is 2.26. The van der Waals surface area contributed by atoms with E-state index in [1.165, 1.54) is 4.90 Å². The van der Waals surface area contributed by atoms with Crippen molar-refractivity contribution in [1.82, 2.24) is 15.2 Å². The van der Waals surface area contributed by atoms with E-state index in [9.17, 15) is 14.4 Å². The summed E-state index contributed by atoms with van der Waals surface area (Å²) in [6, 6.07) is 1.31. The van der Waals surface area contributed by atoms with Gasteiger partial charge in [0.1, 0.15) is 11.7 Å². The van der Waals surface area contributed by atoms with Crippen LogP contribution in [0.2, 0.25) is 0 Å². The fourth-order valence-corrected chi connectivity index (χ4v) is 2.36.